The predicted octanol–water partition coefficient (Wildman–Crippen LogP) is 3.29. The van der Waals surface area contributed by atoms with Crippen LogP contribution in [0.3, 0.4) is 0 Å². The molecule has 0 spiro atoms. The fraction of sp³-hybridized carbons (Fsp3) is 0.857. The largest absolute Gasteiger partial charge is 0.550 e. The number of quaternary nitrogens is 1. The van der Waals surface area contributed by atoms with E-state index in [4.69, 9.17) is 0 Å². The second-order valence-corrected chi connectivity index (χ2v) is 7.55. The average molecular weight is 356 g/mol. The molecule has 0 aromatic rings. The van der Waals surface area contributed by atoms with Crippen LogP contribution in [0.5, 0.6) is 0 Å². The number of carbonyl (C=O) groups is 1. The monoisotopic (exact) mass is 355 g/mol. The zero-order valence-corrected chi connectivity index (χ0v) is 17.0. The normalized spacial score (nSPS) is 14.8. The third-order valence-corrected chi connectivity index (χ3v) is 5.07. The lowest BCUT2D eigenvalue weighted by molar-refractivity contribution is -0.931. The van der Waals surface area contributed by atoms with Crippen LogP contribution in [0.25, 0.3) is 0 Å². The molecule has 1 N–H and O–H groups in total. The molecule has 148 valence electrons. The van der Waals surface area contributed by atoms with Crippen molar-refractivity contribution in [2.45, 2.75) is 85.2 Å². The van der Waals surface area contributed by atoms with Gasteiger partial charge in [0.05, 0.1) is 19.6 Å². The van der Waals surface area contributed by atoms with E-state index in [-0.39, 0.29) is 0 Å². The van der Waals surface area contributed by atoms with Crippen molar-refractivity contribution in [1.82, 2.24) is 0 Å². The van der Waals surface area contributed by atoms with Crippen LogP contribution in [0.4, 0.5) is 0 Å². The number of carboxylic acid groups (broad SMARTS) is 1. The minimum atomic E-state index is -0.968. The van der Waals surface area contributed by atoms with Crippen molar-refractivity contribution in [2.75, 3.05) is 26.2 Å². The Morgan fingerprint density at radius 1 is 1.04 bits per heavy atom. The van der Waals surface area contributed by atoms with Gasteiger partial charge in [-0.25, -0.2) is 0 Å². The Hall–Kier alpha value is -0.870. The van der Waals surface area contributed by atoms with Gasteiger partial charge in [-0.2, -0.15) is 0 Å². The van der Waals surface area contributed by atoms with Crippen LogP contribution in [-0.2, 0) is 4.79 Å². The molecule has 2 unspecified atom stereocenters. The molecule has 0 aliphatic carbocycles. The summed E-state index contributed by atoms with van der Waals surface area (Å²) in [7, 11) is 0. The number of hydrogen-bond acceptors (Lipinski definition) is 3. The summed E-state index contributed by atoms with van der Waals surface area (Å²) >= 11 is 0. The van der Waals surface area contributed by atoms with Gasteiger partial charge in [-0.15, -0.1) is 0 Å². The molecule has 0 rings (SSSR count). The van der Waals surface area contributed by atoms with Gasteiger partial charge in [-0.1, -0.05) is 65.5 Å². The Balaban J connectivity index is 5.01. The van der Waals surface area contributed by atoms with Crippen LogP contribution in [0.1, 0.15) is 79.1 Å². The van der Waals surface area contributed by atoms with Crippen LogP contribution >= 0.6 is 0 Å². The highest BCUT2D eigenvalue weighted by molar-refractivity contribution is 5.66. The molecular formula is C21H41NO3. The van der Waals surface area contributed by atoms with Crippen molar-refractivity contribution in [2.24, 2.45) is 5.92 Å². The van der Waals surface area contributed by atoms with Gasteiger partial charge in [-0.05, 0) is 19.3 Å². The molecule has 0 aliphatic heterocycles. The first-order chi connectivity index (χ1) is 11.9. The van der Waals surface area contributed by atoms with E-state index in [1.807, 2.05) is 6.08 Å². The van der Waals surface area contributed by atoms with Crippen molar-refractivity contribution in [3.63, 3.8) is 0 Å². The van der Waals surface area contributed by atoms with E-state index >= 15 is 0 Å². The van der Waals surface area contributed by atoms with Crippen molar-refractivity contribution in [3.05, 3.63) is 12.2 Å². The third-order valence-electron chi connectivity index (χ3n) is 5.07. The minimum absolute atomic E-state index is 0.432. The summed E-state index contributed by atoms with van der Waals surface area (Å²) in [6, 6.07) is 0. The molecule has 0 fully saturated rings. The molecule has 0 saturated heterocycles. The molecule has 2 atom stereocenters. The molecule has 0 heterocycles. The quantitative estimate of drug-likeness (QED) is 0.262. The minimum Gasteiger partial charge on any atom is -0.550 e. The van der Waals surface area contributed by atoms with Crippen LogP contribution in [0, 0.1) is 5.92 Å². The number of carbonyl (C=O) groups excluding carboxylic acids is 1. The number of aliphatic hydroxyl groups excluding tert-OH is 1. The maximum Gasteiger partial charge on any atom is 0.121 e. The first-order valence-electron chi connectivity index (χ1n) is 10.3. The highest BCUT2D eigenvalue weighted by Gasteiger charge is 2.29. The summed E-state index contributed by atoms with van der Waals surface area (Å²) in [5.41, 5.74) is 0. The van der Waals surface area contributed by atoms with Crippen molar-refractivity contribution in [1.29, 1.82) is 0 Å². The van der Waals surface area contributed by atoms with Crippen LogP contribution < -0.4 is 5.11 Å². The van der Waals surface area contributed by atoms with Crippen molar-refractivity contribution in [3.8, 4) is 0 Å². The van der Waals surface area contributed by atoms with E-state index < -0.39 is 18.0 Å². The smallest absolute Gasteiger partial charge is 0.121 e. The second kappa shape index (κ2) is 14.3. The van der Waals surface area contributed by atoms with E-state index in [2.05, 4.69) is 26.8 Å². The van der Waals surface area contributed by atoms with Crippen LogP contribution in [-0.4, -0.2) is 47.8 Å². The number of aliphatic hydroxyl groups is 1. The van der Waals surface area contributed by atoms with Gasteiger partial charge in [0.15, 0.2) is 0 Å². The molecule has 0 aliphatic rings. The molecule has 4 heteroatoms. The summed E-state index contributed by atoms with van der Waals surface area (Å²) in [5.74, 6) is -1.40. The molecule has 0 bridgehead atoms. The first kappa shape index (κ1) is 24.1. The number of carboxylic acids is 1. The number of hydrogen-bond donors (Lipinski definition) is 1. The number of allylic oxidation sites excluding steroid dienone is 1. The summed E-state index contributed by atoms with van der Waals surface area (Å²) in [4.78, 5) is 11.1. The topological polar surface area (TPSA) is 60.4 Å². The zero-order chi connectivity index (χ0) is 19.1. The molecule has 0 amide bonds. The maximum absolute atomic E-state index is 11.1. The SMILES string of the molecule is CCCC/C=C/C(O)C[N+](CCCC)(CCCC)CCC(C)C(=O)[O-]. The summed E-state index contributed by atoms with van der Waals surface area (Å²) in [6.45, 7) is 11.8. The molecular weight excluding hydrogens is 314 g/mol. The Labute approximate surface area is 155 Å². The van der Waals surface area contributed by atoms with Crippen molar-refractivity contribution < 1.29 is 19.5 Å². The Morgan fingerprint density at radius 2 is 1.60 bits per heavy atom. The van der Waals surface area contributed by atoms with E-state index in [1.54, 1.807) is 6.92 Å². The standard InChI is InChI=1S/C21H41NO3/c1-5-8-11-12-13-20(23)18-22(15-9-6-2,16-10-7-3)17-14-19(4)21(24)25/h12-13,19-20,23H,5-11,14-18H2,1-4H3/b13-12+. The van der Waals surface area contributed by atoms with Gasteiger partial charge in [-0.3, -0.25) is 0 Å². The van der Waals surface area contributed by atoms with E-state index in [0.29, 0.717) is 13.0 Å². The first-order valence-corrected chi connectivity index (χ1v) is 10.3. The van der Waals surface area contributed by atoms with Gasteiger partial charge >= 0.3 is 0 Å². The fourth-order valence-corrected chi connectivity index (χ4v) is 3.21. The average Bonchev–Trinajstić information content (AvgIpc) is 2.59. The lowest BCUT2D eigenvalue weighted by Crippen LogP contribution is -2.54. The molecule has 25 heavy (non-hydrogen) atoms. The van der Waals surface area contributed by atoms with Gasteiger partial charge in [0.2, 0.25) is 0 Å². The van der Waals surface area contributed by atoms with E-state index in [9.17, 15) is 15.0 Å². The number of unbranched alkanes of at least 4 members (excludes halogenated alkanes) is 4. The Bertz CT molecular complexity index is 360. The number of aliphatic carboxylic acids is 1. The molecule has 0 aromatic carbocycles. The molecule has 0 saturated carbocycles. The third kappa shape index (κ3) is 11.4. The number of rotatable bonds is 16. The van der Waals surface area contributed by atoms with Gasteiger partial charge in [0.1, 0.15) is 12.6 Å². The van der Waals surface area contributed by atoms with Crippen LogP contribution in [0.15, 0.2) is 12.2 Å². The molecule has 0 radical (unpaired) electrons. The Kier molecular flexibility index (Phi) is 13.8. The van der Waals surface area contributed by atoms with E-state index in [0.717, 1.165) is 69.1 Å². The Morgan fingerprint density at radius 3 is 2.08 bits per heavy atom. The summed E-state index contributed by atoms with van der Waals surface area (Å²) in [6.07, 6.45) is 12.0. The van der Waals surface area contributed by atoms with E-state index in [1.165, 1.54) is 0 Å². The predicted molar refractivity (Wildman–Crippen MR) is 103 cm³/mol. The maximum atomic E-state index is 11.1. The lowest BCUT2D eigenvalue weighted by atomic mass is 10.0. The highest BCUT2D eigenvalue weighted by Crippen LogP contribution is 2.18. The lowest BCUT2D eigenvalue weighted by Gasteiger charge is -2.41. The van der Waals surface area contributed by atoms with Crippen LogP contribution in [0.2, 0.25) is 0 Å². The summed E-state index contributed by atoms with van der Waals surface area (Å²) < 4.78 is 0.818. The van der Waals surface area contributed by atoms with Gasteiger partial charge in [0, 0.05) is 18.3 Å². The van der Waals surface area contributed by atoms with Crippen molar-refractivity contribution >= 4 is 5.97 Å². The van der Waals surface area contributed by atoms with Gasteiger partial charge < -0.3 is 19.5 Å². The van der Waals surface area contributed by atoms with Gasteiger partial charge in [0.25, 0.3) is 0 Å². The molecule has 0 aromatic heterocycles. The number of nitrogens with zero attached hydrogens (tertiary/aromatic N) is 1. The zero-order valence-electron chi connectivity index (χ0n) is 17.0. The summed E-state index contributed by atoms with van der Waals surface area (Å²) in [5, 5.41) is 21.6. The fourth-order valence-electron chi connectivity index (χ4n) is 3.21. The second-order valence-electron chi connectivity index (χ2n) is 7.55. The highest BCUT2D eigenvalue weighted by atomic mass is 16.4. The molecule has 4 nitrogen and oxygen atoms in total.